The number of anilines is 1. The van der Waals surface area contributed by atoms with Crippen LogP contribution in [0.2, 0.25) is 0 Å². The number of ether oxygens (including phenoxy) is 2. The Labute approximate surface area is 161 Å². The lowest BCUT2D eigenvalue weighted by molar-refractivity contribution is -0.118. The number of benzene rings is 2. The number of aryl methyl sites for hydroxylation is 1. The average molecular weight is 421 g/mol. The van der Waals surface area contributed by atoms with Crippen molar-refractivity contribution in [3.63, 3.8) is 0 Å². The van der Waals surface area contributed by atoms with Crippen LogP contribution in [-0.4, -0.2) is 38.7 Å². The van der Waals surface area contributed by atoms with Crippen LogP contribution in [-0.2, 0) is 9.53 Å². The summed E-state index contributed by atoms with van der Waals surface area (Å²) in [5.74, 6) is -0.0499. The van der Waals surface area contributed by atoms with E-state index < -0.39 is 0 Å². The molecule has 0 aliphatic heterocycles. The van der Waals surface area contributed by atoms with E-state index >= 15 is 0 Å². The Morgan fingerprint density at radius 3 is 2.65 bits per heavy atom. The highest BCUT2D eigenvalue weighted by Gasteiger charge is 2.13. The highest BCUT2D eigenvalue weighted by Crippen LogP contribution is 2.25. The maximum atomic E-state index is 12.2. The Hall–Kier alpha value is -2.38. The number of carbonyl (C=O) groups excluding carboxylic acids is 2. The van der Waals surface area contributed by atoms with E-state index in [9.17, 15) is 9.59 Å². The molecule has 6 nitrogen and oxygen atoms in total. The Morgan fingerprint density at radius 2 is 1.92 bits per heavy atom. The molecule has 2 N–H and O–H groups in total. The molecule has 2 aromatic rings. The minimum atomic E-state index is -0.352. The SMILES string of the molecule is COCCNC(=O)c1ccccc1NC(=O)COc1ccc(C)cc1Br. The highest BCUT2D eigenvalue weighted by molar-refractivity contribution is 9.10. The molecule has 7 heteroatoms. The van der Waals surface area contributed by atoms with Crippen molar-refractivity contribution in [2.24, 2.45) is 0 Å². The molecule has 26 heavy (non-hydrogen) atoms. The molecule has 0 bridgehead atoms. The Kier molecular flexibility index (Phi) is 7.62. The van der Waals surface area contributed by atoms with E-state index in [1.54, 1.807) is 37.4 Å². The molecule has 138 valence electrons. The van der Waals surface area contributed by atoms with Crippen LogP contribution < -0.4 is 15.4 Å². The van der Waals surface area contributed by atoms with E-state index in [1.807, 2.05) is 19.1 Å². The lowest BCUT2D eigenvalue weighted by Crippen LogP contribution is -2.29. The van der Waals surface area contributed by atoms with Crippen LogP contribution in [0.1, 0.15) is 15.9 Å². The van der Waals surface area contributed by atoms with Gasteiger partial charge in [0.1, 0.15) is 5.75 Å². The fourth-order valence-electron chi connectivity index (χ4n) is 2.20. The average Bonchev–Trinajstić information content (AvgIpc) is 2.61. The second-order valence-electron chi connectivity index (χ2n) is 5.57. The zero-order chi connectivity index (χ0) is 18.9. The molecule has 0 fully saturated rings. The third kappa shape index (κ3) is 5.86. The summed E-state index contributed by atoms with van der Waals surface area (Å²) < 4.78 is 11.2. The monoisotopic (exact) mass is 420 g/mol. The number of hydrogen-bond acceptors (Lipinski definition) is 4. The van der Waals surface area contributed by atoms with Crippen molar-refractivity contribution in [3.05, 3.63) is 58.1 Å². The van der Waals surface area contributed by atoms with E-state index in [1.165, 1.54) is 0 Å². The first-order valence-electron chi connectivity index (χ1n) is 8.06. The summed E-state index contributed by atoms with van der Waals surface area (Å²) in [6.45, 7) is 2.61. The lowest BCUT2D eigenvalue weighted by atomic mass is 10.1. The van der Waals surface area contributed by atoms with Gasteiger partial charge in [-0.3, -0.25) is 9.59 Å². The van der Waals surface area contributed by atoms with Gasteiger partial charge in [0.2, 0.25) is 0 Å². The molecule has 0 aliphatic carbocycles. The van der Waals surface area contributed by atoms with Crippen LogP contribution in [0.25, 0.3) is 0 Å². The largest absolute Gasteiger partial charge is 0.483 e. The van der Waals surface area contributed by atoms with Crippen LogP contribution in [0.15, 0.2) is 46.9 Å². The van der Waals surface area contributed by atoms with Gasteiger partial charge in [-0.25, -0.2) is 0 Å². The quantitative estimate of drug-likeness (QED) is 0.643. The maximum Gasteiger partial charge on any atom is 0.262 e. The molecule has 0 spiro atoms. The van der Waals surface area contributed by atoms with Crippen LogP contribution in [0, 0.1) is 6.92 Å². The first-order chi connectivity index (χ1) is 12.5. The Morgan fingerprint density at radius 1 is 1.15 bits per heavy atom. The summed E-state index contributed by atoms with van der Waals surface area (Å²) >= 11 is 3.40. The van der Waals surface area contributed by atoms with E-state index in [0.29, 0.717) is 30.2 Å². The molecule has 0 heterocycles. The minimum absolute atomic E-state index is 0.165. The third-order valence-electron chi connectivity index (χ3n) is 3.48. The molecule has 0 aliphatic rings. The topological polar surface area (TPSA) is 76.7 Å². The van der Waals surface area contributed by atoms with Crippen molar-refractivity contribution in [1.82, 2.24) is 5.32 Å². The maximum absolute atomic E-state index is 12.2. The van der Waals surface area contributed by atoms with Gasteiger partial charge in [-0.1, -0.05) is 18.2 Å². The van der Waals surface area contributed by atoms with E-state index in [0.717, 1.165) is 10.0 Å². The van der Waals surface area contributed by atoms with Gasteiger partial charge < -0.3 is 20.1 Å². The van der Waals surface area contributed by atoms with Gasteiger partial charge >= 0.3 is 0 Å². The zero-order valence-corrected chi connectivity index (χ0v) is 16.3. The molecular formula is C19H21BrN2O4. The summed E-state index contributed by atoms with van der Waals surface area (Å²) in [6.07, 6.45) is 0. The molecule has 2 rings (SSSR count). The summed E-state index contributed by atoms with van der Waals surface area (Å²) in [6, 6.07) is 12.4. The van der Waals surface area contributed by atoms with E-state index in [4.69, 9.17) is 9.47 Å². The van der Waals surface area contributed by atoms with E-state index in [2.05, 4.69) is 26.6 Å². The first-order valence-corrected chi connectivity index (χ1v) is 8.85. The molecule has 0 unspecified atom stereocenters. The Balaban J connectivity index is 1.97. The second-order valence-corrected chi connectivity index (χ2v) is 6.42. The highest BCUT2D eigenvalue weighted by atomic mass is 79.9. The number of amides is 2. The molecule has 0 radical (unpaired) electrons. The van der Waals surface area contributed by atoms with Gasteiger partial charge in [0, 0.05) is 13.7 Å². The molecule has 2 aromatic carbocycles. The number of hydrogen-bond donors (Lipinski definition) is 2. The molecule has 0 saturated heterocycles. The number of carbonyl (C=O) groups is 2. The second kappa shape index (κ2) is 9.94. The van der Waals surface area contributed by atoms with Crippen molar-refractivity contribution in [3.8, 4) is 5.75 Å². The first kappa shape index (κ1) is 19.9. The molecule has 0 atom stereocenters. The summed E-state index contributed by atoms with van der Waals surface area (Å²) in [5.41, 5.74) is 1.90. The standard InChI is InChI=1S/C19H21BrN2O4/c1-13-7-8-17(15(20)11-13)26-12-18(23)22-16-6-4-3-5-14(16)19(24)21-9-10-25-2/h3-8,11H,9-10,12H2,1-2H3,(H,21,24)(H,22,23). The summed E-state index contributed by atoms with van der Waals surface area (Å²) in [4.78, 5) is 24.4. The van der Waals surface area contributed by atoms with Crippen LogP contribution in [0.4, 0.5) is 5.69 Å². The van der Waals surface area contributed by atoms with Crippen molar-refractivity contribution >= 4 is 33.4 Å². The third-order valence-corrected chi connectivity index (χ3v) is 4.10. The van der Waals surface area contributed by atoms with Crippen molar-refractivity contribution in [2.75, 3.05) is 32.2 Å². The zero-order valence-electron chi connectivity index (χ0n) is 14.7. The van der Waals surface area contributed by atoms with Crippen LogP contribution in [0.3, 0.4) is 0 Å². The van der Waals surface area contributed by atoms with Gasteiger partial charge in [0.25, 0.3) is 11.8 Å². The Bertz CT molecular complexity index is 780. The number of rotatable bonds is 8. The van der Waals surface area contributed by atoms with Gasteiger partial charge in [-0.15, -0.1) is 0 Å². The van der Waals surface area contributed by atoms with Crippen molar-refractivity contribution < 1.29 is 19.1 Å². The van der Waals surface area contributed by atoms with Crippen LogP contribution >= 0.6 is 15.9 Å². The fourth-order valence-corrected chi connectivity index (χ4v) is 2.81. The van der Waals surface area contributed by atoms with E-state index in [-0.39, 0.29) is 18.4 Å². The normalized spacial score (nSPS) is 10.3. The summed E-state index contributed by atoms with van der Waals surface area (Å²) in [7, 11) is 1.56. The smallest absolute Gasteiger partial charge is 0.262 e. The van der Waals surface area contributed by atoms with Gasteiger partial charge in [0.05, 0.1) is 22.3 Å². The lowest BCUT2D eigenvalue weighted by Gasteiger charge is -2.12. The van der Waals surface area contributed by atoms with Gasteiger partial charge in [-0.05, 0) is 52.7 Å². The molecular weight excluding hydrogens is 400 g/mol. The molecule has 0 saturated carbocycles. The van der Waals surface area contributed by atoms with Crippen molar-refractivity contribution in [2.45, 2.75) is 6.92 Å². The predicted molar refractivity (Wildman–Crippen MR) is 104 cm³/mol. The predicted octanol–water partition coefficient (Wildman–Crippen LogP) is 3.15. The van der Waals surface area contributed by atoms with Crippen molar-refractivity contribution in [1.29, 1.82) is 0 Å². The molecule has 2 amide bonds. The summed E-state index contributed by atoms with van der Waals surface area (Å²) in [5, 5.41) is 5.44. The number of nitrogens with one attached hydrogen (secondary N) is 2. The number of halogens is 1. The molecule has 0 aromatic heterocycles. The fraction of sp³-hybridized carbons (Fsp3) is 0.263. The van der Waals surface area contributed by atoms with Crippen LogP contribution in [0.5, 0.6) is 5.75 Å². The van der Waals surface area contributed by atoms with Gasteiger partial charge in [0.15, 0.2) is 6.61 Å². The van der Waals surface area contributed by atoms with Gasteiger partial charge in [-0.2, -0.15) is 0 Å². The minimum Gasteiger partial charge on any atom is -0.483 e. The number of para-hydroxylation sites is 1. The number of methoxy groups -OCH3 is 1.